The highest BCUT2D eigenvalue weighted by atomic mass is 35.5. The van der Waals surface area contributed by atoms with Gasteiger partial charge >= 0.3 is 0 Å². The fourth-order valence-electron chi connectivity index (χ4n) is 3.10. The van der Waals surface area contributed by atoms with Crippen LogP contribution in [0.25, 0.3) is 0 Å². The van der Waals surface area contributed by atoms with Crippen LogP contribution in [0.3, 0.4) is 0 Å². The van der Waals surface area contributed by atoms with Gasteiger partial charge in [-0.25, -0.2) is 0 Å². The Balaban J connectivity index is 2.22. The topological polar surface area (TPSA) is 58.6 Å². The molecule has 1 N–H and O–H groups in total. The zero-order valence-corrected chi connectivity index (χ0v) is 18.9. The average Bonchev–Trinajstić information content (AvgIpc) is 2.72. The summed E-state index contributed by atoms with van der Waals surface area (Å²) in [4.78, 5) is 27.6. The van der Waals surface area contributed by atoms with Crippen LogP contribution in [-0.2, 0) is 16.1 Å². The van der Waals surface area contributed by atoms with E-state index >= 15 is 0 Å². The molecule has 1 unspecified atom stereocenters. The third-order valence-electron chi connectivity index (χ3n) is 4.86. The SMILES string of the molecule is CCC(C(=O)NCC(C)C)N(Cc1ccccc1C)C(=O)COc1ccccc1Cl. The number of ether oxygens (including phenoxy) is 1. The van der Waals surface area contributed by atoms with Crippen LogP contribution >= 0.6 is 11.6 Å². The second-order valence-corrected chi connectivity index (χ2v) is 8.14. The Kier molecular flexibility index (Phi) is 9.18. The van der Waals surface area contributed by atoms with Crippen LogP contribution in [0.15, 0.2) is 48.5 Å². The minimum absolute atomic E-state index is 0.147. The standard InChI is InChI=1S/C24H31ClN2O3/c1-5-21(24(29)26-14-17(2)3)27(15-19-11-7-6-10-18(19)4)23(28)16-30-22-13-9-8-12-20(22)25/h6-13,17,21H,5,14-16H2,1-4H3,(H,26,29). The number of halogens is 1. The number of rotatable bonds is 10. The molecule has 0 saturated carbocycles. The van der Waals surface area contributed by atoms with Gasteiger partial charge in [0, 0.05) is 13.1 Å². The molecule has 0 aliphatic rings. The zero-order chi connectivity index (χ0) is 22.1. The number of hydrogen-bond donors (Lipinski definition) is 1. The molecule has 0 bridgehead atoms. The van der Waals surface area contributed by atoms with Gasteiger partial charge in [-0.3, -0.25) is 9.59 Å². The Bertz CT molecular complexity index is 854. The van der Waals surface area contributed by atoms with E-state index in [0.29, 0.717) is 36.2 Å². The molecule has 2 rings (SSSR count). The lowest BCUT2D eigenvalue weighted by molar-refractivity contribution is -0.143. The maximum Gasteiger partial charge on any atom is 0.261 e. The Morgan fingerprint density at radius 2 is 1.77 bits per heavy atom. The molecule has 2 aromatic rings. The van der Waals surface area contributed by atoms with Crippen molar-refractivity contribution in [1.29, 1.82) is 0 Å². The Morgan fingerprint density at radius 3 is 2.40 bits per heavy atom. The molecule has 0 radical (unpaired) electrons. The van der Waals surface area contributed by atoms with Crippen molar-refractivity contribution in [2.75, 3.05) is 13.2 Å². The number of benzene rings is 2. The van der Waals surface area contributed by atoms with Crippen molar-refractivity contribution in [2.24, 2.45) is 5.92 Å². The van der Waals surface area contributed by atoms with Gasteiger partial charge in [-0.2, -0.15) is 0 Å². The summed E-state index contributed by atoms with van der Waals surface area (Å²) in [6.45, 7) is 8.70. The maximum atomic E-state index is 13.2. The van der Waals surface area contributed by atoms with Gasteiger partial charge in [0.25, 0.3) is 5.91 Å². The van der Waals surface area contributed by atoms with Crippen LogP contribution in [-0.4, -0.2) is 35.9 Å². The van der Waals surface area contributed by atoms with Crippen molar-refractivity contribution in [3.8, 4) is 5.75 Å². The van der Waals surface area contributed by atoms with Crippen LogP contribution in [0.2, 0.25) is 5.02 Å². The lowest BCUT2D eigenvalue weighted by Crippen LogP contribution is -2.50. The molecule has 0 saturated heterocycles. The van der Waals surface area contributed by atoms with Crippen molar-refractivity contribution in [1.82, 2.24) is 10.2 Å². The smallest absolute Gasteiger partial charge is 0.261 e. The van der Waals surface area contributed by atoms with Crippen LogP contribution < -0.4 is 10.1 Å². The molecule has 6 heteroatoms. The highest BCUT2D eigenvalue weighted by molar-refractivity contribution is 6.32. The van der Waals surface area contributed by atoms with Gasteiger partial charge in [-0.15, -0.1) is 0 Å². The number of carbonyl (C=O) groups excluding carboxylic acids is 2. The minimum atomic E-state index is -0.578. The quantitative estimate of drug-likeness (QED) is 0.598. The monoisotopic (exact) mass is 430 g/mol. The number of aryl methyl sites for hydroxylation is 1. The van der Waals surface area contributed by atoms with Gasteiger partial charge < -0.3 is 15.0 Å². The Hall–Kier alpha value is -2.53. The molecule has 1 atom stereocenters. The van der Waals surface area contributed by atoms with Gasteiger partial charge in [-0.05, 0) is 42.5 Å². The van der Waals surface area contributed by atoms with Gasteiger partial charge in [0.05, 0.1) is 5.02 Å². The van der Waals surface area contributed by atoms with Crippen LogP contribution in [0.5, 0.6) is 5.75 Å². The van der Waals surface area contributed by atoms with Crippen LogP contribution in [0.1, 0.15) is 38.3 Å². The molecule has 2 amide bonds. The largest absolute Gasteiger partial charge is 0.482 e. The average molecular weight is 431 g/mol. The lowest BCUT2D eigenvalue weighted by Gasteiger charge is -2.31. The van der Waals surface area contributed by atoms with Gasteiger partial charge in [-0.1, -0.05) is 68.8 Å². The summed E-state index contributed by atoms with van der Waals surface area (Å²) in [5.74, 6) is 0.367. The van der Waals surface area contributed by atoms with E-state index in [2.05, 4.69) is 5.32 Å². The number of carbonyl (C=O) groups is 2. The number of amides is 2. The maximum absolute atomic E-state index is 13.2. The van der Waals surface area contributed by atoms with Crippen molar-refractivity contribution in [3.05, 3.63) is 64.7 Å². The van der Waals surface area contributed by atoms with Gasteiger partial charge in [0.2, 0.25) is 5.91 Å². The van der Waals surface area contributed by atoms with E-state index in [1.54, 1.807) is 29.2 Å². The fourth-order valence-corrected chi connectivity index (χ4v) is 3.29. The minimum Gasteiger partial charge on any atom is -0.482 e. The molecule has 0 spiro atoms. The second kappa shape index (κ2) is 11.6. The van der Waals surface area contributed by atoms with Crippen molar-refractivity contribution >= 4 is 23.4 Å². The summed E-state index contributed by atoms with van der Waals surface area (Å²) < 4.78 is 5.67. The summed E-state index contributed by atoms with van der Waals surface area (Å²) in [5.41, 5.74) is 2.07. The van der Waals surface area contributed by atoms with Crippen molar-refractivity contribution in [2.45, 2.75) is 46.7 Å². The van der Waals surface area contributed by atoms with Crippen LogP contribution in [0, 0.1) is 12.8 Å². The first kappa shape index (κ1) is 23.7. The van der Waals surface area contributed by atoms with E-state index < -0.39 is 6.04 Å². The predicted octanol–water partition coefficient (Wildman–Crippen LogP) is 4.61. The van der Waals surface area contributed by atoms with E-state index in [9.17, 15) is 9.59 Å². The first-order valence-corrected chi connectivity index (χ1v) is 10.7. The number of para-hydroxylation sites is 1. The zero-order valence-electron chi connectivity index (χ0n) is 18.2. The van der Waals surface area contributed by atoms with E-state index in [0.717, 1.165) is 11.1 Å². The molecule has 5 nitrogen and oxygen atoms in total. The Labute approximate surface area is 184 Å². The van der Waals surface area contributed by atoms with E-state index in [1.807, 2.05) is 52.0 Å². The first-order valence-electron chi connectivity index (χ1n) is 10.3. The third-order valence-corrected chi connectivity index (χ3v) is 5.17. The third kappa shape index (κ3) is 6.77. The molecular weight excluding hydrogens is 400 g/mol. The second-order valence-electron chi connectivity index (χ2n) is 7.73. The highest BCUT2D eigenvalue weighted by Crippen LogP contribution is 2.23. The predicted molar refractivity (Wildman–Crippen MR) is 121 cm³/mol. The highest BCUT2D eigenvalue weighted by Gasteiger charge is 2.29. The molecule has 30 heavy (non-hydrogen) atoms. The molecule has 0 fully saturated rings. The molecule has 0 aliphatic heterocycles. The molecule has 2 aromatic carbocycles. The van der Waals surface area contributed by atoms with E-state index in [4.69, 9.17) is 16.3 Å². The molecular formula is C24H31ClN2O3. The first-order chi connectivity index (χ1) is 14.3. The van der Waals surface area contributed by atoms with Crippen LogP contribution in [0.4, 0.5) is 0 Å². The van der Waals surface area contributed by atoms with Crippen molar-refractivity contribution in [3.63, 3.8) is 0 Å². The Morgan fingerprint density at radius 1 is 1.10 bits per heavy atom. The normalized spacial score (nSPS) is 11.8. The van der Waals surface area contributed by atoms with Gasteiger partial charge in [0.1, 0.15) is 11.8 Å². The summed E-state index contributed by atoms with van der Waals surface area (Å²) in [7, 11) is 0. The lowest BCUT2D eigenvalue weighted by atomic mass is 10.1. The number of hydrogen-bond acceptors (Lipinski definition) is 3. The summed E-state index contributed by atoms with van der Waals surface area (Å²) in [6, 6.07) is 14.3. The van der Waals surface area contributed by atoms with E-state index in [1.165, 1.54) is 0 Å². The molecule has 162 valence electrons. The number of nitrogens with one attached hydrogen (secondary N) is 1. The molecule has 0 aromatic heterocycles. The summed E-state index contributed by atoms with van der Waals surface area (Å²) >= 11 is 6.13. The summed E-state index contributed by atoms with van der Waals surface area (Å²) in [6.07, 6.45) is 0.508. The van der Waals surface area contributed by atoms with Crippen molar-refractivity contribution < 1.29 is 14.3 Å². The fraction of sp³-hybridized carbons (Fsp3) is 0.417. The van der Waals surface area contributed by atoms with Gasteiger partial charge in [0.15, 0.2) is 6.61 Å². The molecule has 0 aliphatic carbocycles. The summed E-state index contributed by atoms with van der Waals surface area (Å²) in [5, 5.41) is 3.40. The molecule has 0 heterocycles. The number of nitrogens with zero attached hydrogens (tertiary/aromatic N) is 1. The van der Waals surface area contributed by atoms with E-state index in [-0.39, 0.29) is 18.4 Å².